The number of carbonyl (C=O) groups excluding carboxylic acids is 1. The Hall–Kier alpha value is -3.67. The summed E-state index contributed by atoms with van der Waals surface area (Å²) in [5.41, 5.74) is 0.417. The van der Waals surface area contributed by atoms with Crippen LogP contribution in [0.2, 0.25) is 0 Å². The molecule has 1 amide bonds. The van der Waals surface area contributed by atoms with Crippen molar-refractivity contribution in [2.75, 3.05) is 23.9 Å². The van der Waals surface area contributed by atoms with E-state index in [-0.39, 0.29) is 33.6 Å². The fourth-order valence-electron chi connectivity index (χ4n) is 2.38. The van der Waals surface area contributed by atoms with Gasteiger partial charge in [0.15, 0.2) is 21.3 Å². The summed E-state index contributed by atoms with van der Waals surface area (Å²) in [6.45, 7) is 0. The molecule has 0 saturated carbocycles. The molecule has 0 spiro atoms. The first-order chi connectivity index (χ1) is 13.8. The first-order valence-electron chi connectivity index (χ1n) is 8.18. The van der Waals surface area contributed by atoms with E-state index in [0.29, 0.717) is 0 Å². The van der Waals surface area contributed by atoms with Gasteiger partial charge >= 0.3 is 0 Å². The molecule has 10 nitrogen and oxygen atoms in total. The molecular weight excluding hydrogens is 401 g/mol. The van der Waals surface area contributed by atoms with E-state index in [1.165, 1.54) is 19.2 Å². The van der Waals surface area contributed by atoms with E-state index >= 15 is 0 Å². The van der Waals surface area contributed by atoms with E-state index in [1.807, 2.05) is 0 Å². The Morgan fingerprint density at radius 2 is 1.76 bits per heavy atom. The molecule has 0 aliphatic heterocycles. The summed E-state index contributed by atoms with van der Waals surface area (Å²) < 4.78 is 37.0. The van der Waals surface area contributed by atoms with Crippen LogP contribution in [0, 0.1) is 5.95 Å². The highest BCUT2D eigenvalue weighted by Crippen LogP contribution is 2.27. The zero-order valence-corrected chi connectivity index (χ0v) is 16.2. The molecule has 150 valence electrons. The van der Waals surface area contributed by atoms with Crippen molar-refractivity contribution in [3.8, 4) is 0 Å². The van der Waals surface area contributed by atoms with Crippen molar-refractivity contribution in [2.24, 2.45) is 0 Å². The van der Waals surface area contributed by atoms with E-state index in [2.05, 4.69) is 36.1 Å². The van der Waals surface area contributed by atoms with Gasteiger partial charge < -0.3 is 16.0 Å². The molecule has 1 aromatic carbocycles. The minimum atomic E-state index is -3.52. The molecule has 0 atom stereocenters. The van der Waals surface area contributed by atoms with Gasteiger partial charge in [-0.1, -0.05) is 12.1 Å². The maximum Gasteiger partial charge on any atom is 0.273 e. The largest absolute Gasteiger partial charge is 0.354 e. The van der Waals surface area contributed by atoms with Crippen molar-refractivity contribution in [1.82, 2.24) is 25.5 Å². The van der Waals surface area contributed by atoms with Gasteiger partial charge in [0, 0.05) is 19.4 Å². The second-order valence-electron chi connectivity index (χ2n) is 5.81. The molecule has 0 aliphatic rings. The SMILES string of the molecule is CNC(=O)c1nnc(Nc2cnc(F)cn2)cc1Nc1ccccc1S(C)(=O)=O. The van der Waals surface area contributed by atoms with Crippen molar-refractivity contribution < 1.29 is 17.6 Å². The predicted molar refractivity (Wildman–Crippen MR) is 104 cm³/mol. The normalized spacial score (nSPS) is 11.0. The average molecular weight is 417 g/mol. The molecule has 0 saturated heterocycles. The third-order valence-corrected chi connectivity index (χ3v) is 4.82. The van der Waals surface area contributed by atoms with Crippen molar-refractivity contribution >= 4 is 38.8 Å². The molecule has 0 aliphatic carbocycles. The van der Waals surface area contributed by atoms with Gasteiger partial charge in [-0.25, -0.2) is 18.4 Å². The molecule has 0 bridgehead atoms. The highest BCUT2D eigenvalue weighted by atomic mass is 32.2. The summed E-state index contributed by atoms with van der Waals surface area (Å²) in [5.74, 6) is -0.880. The van der Waals surface area contributed by atoms with Gasteiger partial charge in [0.25, 0.3) is 5.91 Å². The van der Waals surface area contributed by atoms with Gasteiger partial charge in [-0.05, 0) is 12.1 Å². The second-order valence-corrected chi connectivity index (χ2v) is 7.80. The second kappa shape index (κ2) is 8.14. The third kappa shape index (κ3) is 4.79. The monoisotopic (exact) mass is 417 g/mol. The number of hydrogen-bond donors (Lipinski definition) is 3. The Bertz CT molecular complexity index is 1150. The molecule has 0 fully saturated rings. The summed E-state index contributed by atoms with van der Waals surface area (Å²) >= 11 is 0. The van der Waals surface area contributed by atoms with E-state index in [1.54, 1.807) is 18.2 Å². The highest BCUT2D eigenvalue weighted by molar-refractivity contribution is 7.90. The van der Waals surface area contributed by atoms with E-state index in [9.17, 15) is 17.6 Å². The van der Waals surface area contributed by atoms with Crippen LogP contribution in [0.25, 0.3) is 0 Å². The van der Waals surface area contributed by atoms with E-state index in [4.69, 9.17) is 0 Å². The number of para-hydroxylation sites is 1. The number of sulfone groups is 1. The minimum Gasteiger partial charge on any atom is -0.354 e. The van der Waals surface area contributed by atoms with Gasteiger partial charge in [0.05, 0.1) is 28.7 Å². The third-order valence-electron chi connectivity index (χ3n) is 3.67. The number of nitrogens with one attached hydrogen (secondary N) is 3. The lowest BCUT2D eigenvalue weighted by molar-refractivity contribution is 0.0958. The average Bonchev–Trinajstić information content (AvgIpc) is 2.69. The molecule has 29 heavy (non-hydrogen) atoms. The summed E-state index contributed by atoms with van der Waals surface area (Å²) in [6.07, 6.45) is 3.17. The van der Waals surface area contributed by atoms with Crippen molar-refractivity contribution in [2.45, 2.75) is 4.90 Å². The van der Waals surface area contributed by atoms with Crippen LogP contribution in [-0.2, 0) is 9.84 Å². The fraction of sp³-hybridized carbons (Fsp3) is 0.118. The number of rotatable bonds is 6. The number of nitrogens with zero attached hydrogens (tertiary/aromatic N) is 4. The Labute approximate surface area is 165 Å². The molecule has 3 aromatic rings. The summed E-state index contributed by atoms with van der Waals surface area (Å²) in [6, 6.07) is 7.69. The number of aromatic nitrogens is 4. The van der Waals surface area contributed by atoms with Crippen molar-refractivity contribution in [1.29, 1.82) is 0 Å². The van der Waals surface area contributed by atoms with Crippen LogP contribution in [0.15, 0.2) is 47.6 Å². The number of anilines is 4. The Morgan fingerprint density at radius 1 is 1.00 bits per heavy atom. The zero-order chi connectivity index (χ0) is 21.0. The van der Waals surface area contributed by atoms with Crippen LogP contribution >= 0.6 is 0 Å². The Balaban J connectivity index is 2.01. The van der Waals surface area contributed by atoms with Crippen LogP contribution in [0.3, 0.4) is 0 Å². The lowest BCUT2D eigenvalue weighted by atomic mass is 10.2. The van der Waals surface area contributed by atoms with E-state index in [0.717, 1.165) is 18.6 Å². The van der Waals surface area contributed by atoms with Gasteiger partial charge in [-0.15, -0.1) is 10.2 Å². The van der Waals surface area contributed by atoms with Gasteiger partial charge in [0.1, 0.15) is 5.82 Å². The van der Waals surface area contributed by atoms with Crippen LogP contribution in [0.5, 0.6) is 0 Å². The number of benzene rings is 1. The first kappa shape index (κ1) is 20.1. The van der Waals surface area contributed by atoms with E-state index < -0.39 is 21.7 Å². The highest BCUT2D eigenvalue weighted by Gasteiger charge is 2.18. The maximum absolute atomic E-state index is 12.9. The number of halogens is 1. The lowest BCUT2D eigenvalue weighted by Gasteiger charge is -2.14. The molecule has 3 N–H and O–H groups in total. The summed E-state index contributed by atoms with van der Waals surface area (Å²) in [4.78, 5) is 19.5. The van der Waals surface area contributed by atoms with Gasteiger partial charge in [-0.3, -0.25) is 4.79 Å². The molecule has 12 heteroatoms. The number of amides is 1. The minimum absolute atomic E-state index is 0.0495. The predicted octanol–water partition coefficient (Wildman–Crippen LogP) is 1.66. The molecule has 0 unspecified atom stereocenters. The first-order valence-corrected chi connectivity index (χ1v) is 10.1. The summed E-state index contributed by atoms with van der Waals surface area (Å²) in [5, 5.41) is 15.9. The summed E-state index contributed by atoms with van der Waals surface area (Å²) in [7, 11) is -2.09. The van der Waals surface area contributed by atoms with Crippen LogP contribution in [-0.4, -0.2) is 47.8 Å². The Morgan fingerprint density at radius 3 is 2.41 bits per heavy atom. The lowest BCUT2D eigenvalue weighted by Crippen LogP contribution is -2.21. The van der Waals surface area contributed by atoms with Crippen molar-refractivity contribution in [3.05, 3.63) is 54.4 Å². The molecule has 3 rings (SSSR count). The quantitative estimate of drug-likeness (QED) is 0.546. The van der Waals surface area contributed by atoms with Crippen LogP contribution < -0.4 is 16.0 Å². The fourth-order valence-corrected chi connectivity index (χ4v) is 3.22. The van der Waals surface area contributed by atoms with Gasteiger partial charge in [0.2, 0.25) is 5.95 Å². The maximum atomic E-state index is 12.9. The molecular formula is C17H16FN7O3S. The van der Waals surface area contributed by atoms with Crippen LogP contribution in [0.4, 0.5) is 27.4 Å². The smallest absolute Gasteiger partial charge is 0.273 e. The molecule has 2 aromatic heterocycles. The van der Waals surface area contributed by atoms with Gasteiger partial charge in [-0.2, -0.15) is 4.39 Å². The van der Waals surface area contributed by atoms with Crippen LogP contribution in [0.1, 0.15) is 10.5 Å². The molecule has 2 heterocycles. The Kier molecular flexibility index (Phi) is 5.64. The standard InChI is InChI=1S/C17H16FN7O3S/c1-19-17(26)16-11(22-10-5-3-4-6-12(10)29(2,27)28)7-14(24-25-16)23-15-9-20-13(18)8-21-15/h3-9H,1-2H3,(H,19,26)(H2,21,22,23,24). The van der Waals surface area contributed by atoms with Crippen molar-refractivity contribution in [3.63, 3.8) is 0 Å². The number of carbonyl (C=O) groups is 1. The molecule has 0 radical (unpaired) electrons. The number of hydrogen-bond acceptors (Lipinski definition) is 9. The topological polar surface area (TPSA) is 139 Å². The zero-order valence-electron chi connectivity index (χ0n) is 15.3.